The fraction of sp³-hybridized carbons (Fsp3) is 0.400. The Kier molecular flexibility index (Phi) is 4.38. The van der Waals surface area contributed by atoms with Crippen molar-refractivity contribution in [2.45, 2.75) is 0 Å². The van der Waals surface area contributed by atoms with E-state index in [0.29, 0.717) is 48.7 Å². The first-order valence-electron chi connectivity index (χ1n) is 7.31. The summed E-state index contributed by atoms with van der Waals surface area (Å²) < 4.78 is 6.87. The lowest BCUT2D eigenvalue weighted by Crippen LogP contribution is -2.49. The van der Waals surface area contributed by atoms with Crippen LogP contribution in [-0.2, 0) is 7.05 Å². The number of amides is 1. The first-order valence-corrected chi connectivity index (χ1v) is 7.69. The maximum Gasteiger partial charge on any atom is 0.270 e. The lowest BCUT2D eigenvalue weighted by Gasteiger charge is -2.34. The second-order valence-electron chi connectivity index (χ2n) is 5.33. The van der Waals surface area contributed by atoms with Crippen LogP contribution in [0.1, 0.15) is 10.5 Å². The van der Waals surface area contributed by atoms with Gasteiger partial charge in [-0.25, -0.2) is 4.98 Å². The third kappa shape index (κ3) is 3.24. The Morgan fingerprint density at radius 1 is 1.30 bits per heavy atom. The van der Waals surface area contributed by atoms with Gasteiger partial charge in [0.25, 0.3) is 5.91 Å². The van der Waals surface area contributed by atoms with Crippen LogP contribution < -0.4 is 9.64 Å². The van der Waals surface area contributed by atoms with Crippen molar-refractivity contribution in [1.29, 1.82) is 0 Å². The Morgan fingerprint density at radius 3 is 2.65 bits per heavy atom. The molecule has 0 bridgehead atoms. The molecule has 3 heterocycles. The number of methoxy groups -OCH3 is 1. The minimum absolute atomic E-state index is 0.00869. The number of nitrogens with zero attached hydrogens (tertiary/aromatic N) is 5. The van der Waals surface area contributed by atoms with Gasteiger partial charge in [-0.3, -0.25) is 4.79 Å². The molecule has 0 N–H and O–H groups in total. The summed E-state index contributed by atoms with van der Waals surface area (Å²) in [6.07, 6.45) is 3.40. The van der Waals surface area contributed by atoms with Gasteiger partial charge < -0.3 is 19.1 Å². The second-order valence-corrected chi connectivity index (χ2v) is 5.77. The van der Waals surface area contributed by atoms with Crippen LogP contribution >= 0.6 is 11.6 Å². The number of aromatic nitrogens is 3. The molecule has 1 fully saturated rings. The van der Waals surface area contributed by atoms with Crippen LogP contribution in [0.4, 0.5) is 5.95 Å². The zero-order chi connectivity index (χ0) is 16.4. The number of anilines is 1. The topological polar surface area (TPSA) is 63.5 Å². The molecule has 0 spiro atoms. The van der Waals surface area contributed by atoms with E-state index in [2.05, 4.69) is 9.97 Å². The summed E-state index contributed by atoms with van der Waals surface area (Å²) in [7, 11) is 3.40. The van der Waals surface area contributed by atoms with Gasteiger partial charge in [-0.1, -0.05) is 11.6 Å². The van der Waals surface area contributed by atoms with Crippen molar-refractivity contribution in [3.8, 4) is 5.88 Å². The average molecular weight is 336 g/mol. The Labute approximate surface area is 139 Å². The number of aryl methyl sites for hydroxylation is 1. The van der Waals surface area contributed by atoms with E-state index in [1.165, 1.54) is 0 Å². The largest absolute Gasteiger partial charge is 0.481 e. The van der Waals surface area contributed by atoms with E-state index < -0.39 is 0 Å². The molecule has 0 unspecified atom stereocenters. The van der Waals surface area contributed by atoms with Gasteiger partial charge >= 0.3 is 0 Å². The molecule has 0 aromatic carbocycles. The molecular weight excluding hydrogens is 318 g/mol. The summed E-state index contributed by atoms with van der Waals surface area (Å²) in [5.74, 6) is 1.15. The van der Waals surface area contributed by atoms with Crippen LogP contribution in [0.5, 0.6) is 5.88 Å². The first kappa shape index (κ1) is 15.6. The normalized spacial score (nSPS) is 14.9. The highest BCUT2D eigenvalue weighted by atomic mass is 35.5. The van der Waals surface area contributed by atoms with Crippen molar-refractivity contribution in [2.75, 3.05) is 38.2 Å². The minimum Gasteiger partial charge on any atom is -0.481 e. The maximum atomic E-state index is 12.6. The number of hydrogen-bond acceptors (Lipinski definition) is 5. The molecule has 1 aliphatic heterocycles. The molecule has 0 radical (unpaired) electrons. The number of carbonyl (C=O) groups is 1. The van der Waals surface area contributed by atoms with Crippen molar-refractivity contribution in [3.63, 3.8) is 0 Å². The van der Waals surface area contributed by atoms with Gasteiger partial charge in [0, 0.05) is 51.7 Å². The second kappa shape index (κ2) is 6.45. The Balaban J connectivity index is 1.66. The summed E-state index contributed by atoms with van der Waals surface area (Å²) in [6.45, 7) is 2.58. The number of halogens is 1. The van der Waals surface area contributed by atoms with Crippen LogP contribution in [0.3, 0.4) is 0 Å². The highest BCUT2D eigenvalue weighted by molar-refractivity contribution is 6.31. The van der Waals surface area contributed by atoms with Crippen LogP contribution in [0.2, 0.25) is 5.02 Å². The predicted molar refractivity (Wildman–Crippen MR) is 87.1 cm³/mol. The SMILES string of the molecule is COc1ccnc(N2CCN(C(=O)c3cc(Cl)cn3C)CC2)n1. The van der Waals surface area contributed by atoms with E-state index >= 15 is 0 Å². The van der Waals surface area contributed by atoms with Gasteiger partial charge in [0.15, 0.2) is 0 Å². The van der Waals surface area contributed by atoms with Crippen LogP contribution in [0, 0.1) is 0 Å². The number of ether oxygens (including phenoxy) is 1. The number of piperazine rings is 1. The maximum absolute atomic E-state index is 12.6. The van der Waals surface area contributed by atoms with Gasteiger partial charge in [0.05, 0.1) is 12.1 Å². The first-order chi connectivity index (χ1) is 11.1. The number of hydrogen-bond donors (Lipinski definition) is 0. The van der Waals surface area contributed by atoms with Crippen LogP contribution in [0.15, 0.2) is 24.5 Å². The Hall–Kier alpha value is -2.28. The summed E-state index contributed by atoms with van der Waals surface area (Å²) in [4.78, 5) is 25.0. The molecule has 0 aliphatic carbocycles. The molecule has 1 saturated heterocycles. The molecule has 8 heteroatoms. The highest BCUT2D eigenvalue weighted by Gasteiger charge is 2.25. The van der Waals surface area contributed by atoms with E-state index in [-0.39, 0.29) is 5.91 Å². The predicted octanol–water partition coefficient (Wildman–Crippen LogP) is 1.44. The molecule has 2 aromatic heterocycles. The van der Waals surface area contributed by atoms with Crippen molar-refractivity contribution >= 4 is 23.5 Å². The minimum atomic E-state index is -0.00869. The van der Waals surface area contributed by atoms with Crippen LogP contribution in [0.25, 0.3) is 0 Å². The summed E-state index contributed by atoms with van der Waals surface area (Å²) >= 11 is 5.95. The van der Waals surface area contributed by atoms with Gasteiger partial charge in [0.1, 0.15) is 5.69 Å². The fourth-order valence-corrected chi connectivity index (χ4v) is 2.86. The summed E-state index contributed by atoms with van der Waals surface area (Å²) in [5.41, 5.74) is 0.598. The van der Waals surface area contributed by atoms with E-state index in [1.54, 1.807) is 36.2 Å². The third-order valence-corrected chi connectivity index (χ3v) is 4.07. The molecule has 1 aliphatic rings. The zero-order valence-electron chi connectivity index (χ0n) is 13.1. The molecule has 2 aromatic rings. The molecular formula is C15H18ClN5O2. The van der Waals surface area contributed by atoms with Crippen molar-refractivity contribution in [1.82, 2.24) is 19.4 Å². The number of carbonyl (C=O) groups excluding carboxylic acids is 1. The van der Waals surface area contributed by atoms with Gasteiger partial charge in [0.2, 0.25) is 11.8 Å². The zero-order valence-corrected chi connectivity index (χ0v) is 13.8. The Morgan fingerprint density at radius 2 is 2.04 bits per heavy atom. The molecule has 1 amide bonds. The quantitative estimate of drug-likeness (QED) is 0.849. The monoisotopic (exact) mass is 335 g/mol. The molecule has 23 heavy (non-hydrogen) atoms. The fourth-order valence-electron chi connectivity index (χ4n) is 2.61. The molecule has 0 saturated carbocycles. The van der Waals surface area contributed by atoms with Crippen molar-refractivity contribution in [2.24, 2.45) is 7.05 Å². The molecule has 122 valence electrons. The number of rotatable bonds is 3. The van der Waals surface area contributed by atoms with Crippen molar-refractivity contribution in [3.05, 3.63) is 35.2 Å². The summed E-state index contributed by atoms with van der Waals surface area (Å²) in [5, 5.41) is 0.569. The Bertz CT molecular complexity index is 710. The smallest absolute Gasteiger partial charge is 0.270 e. The van der Waals surface area contributed by atoms with E-state index in [9.17, 15) is 4.79 Å². The van der Waals surface area contributed by atoms with E-state index in [0.717, 1.165) is 0 Å². The van der Waals surface area contributed by atoms with Crippen molar-refractivity contribution < 1.29 is 9.53 Å². The van der Waals surface area contributed by atoms with Gasteiger partial charge in [-0.2, -0.15) is 4.98 Å². The average Bonchev–Trinajstić information content (AvgIpc) is 2.93. The van der Waals surface area contributed by atoms with Crippen LogP contribution in [-0.4, -0.2) is 58.6 Å². The lowest BCUT2D eigenvalue weighted by atomic mass is 10.3. The van der Waals surface area contributed by atoms with Gasteiger partial charge in [-0.05, 0) is 6.07 Å². The summed E-state index contributed by atoms with van der Waals surface area (Å²) in [6, 6.07) is 3.41. The van der Waals surface area contributed by atoms with E-state index in [1.807, 2.05) is 16.8 Å². The van der Waals surface area contributed by atoms with Gasteiger partial charge in [-0.15, -0.1) is 0 Å². The molecule has 0 atom stereocenters. The lowest BCUT2D eigenvalue weighted by molar-refractivity contribution is 0.0736. The molecule has 7 nitrogen and oxygen atoms in total. The highest BCUT2D eigenvalue weighted by Crippen LogP contribution is 2.18. The third-order valence-electron chi connectivity index (χ3n) is 3.87. The molecule has 3 rings (SSSR count). The van der Waals surface area contributed by atoms with E-state index in [4.69, 9.17) is 16.3 Å². The standard InChI is InChI=1S/C15H18ClN5O2/c1-19-10-11(16)9-12(19)14(22)20-5-7-21(8-6-20)15-17-4-3-13(18-15)23-2/h3-4,9-10H,5-8H2,1-2H3.